The fourth-order valence-corrected chi connectivity index (χ4v) is 9.82. The summed E-state index contributed by atoms with van der Waals surface area (Å²) in [5, 5.41) is 32.5. The molecule has 0 spiro atoms. The largest absolute Gasteiger partial charge is 0.458 e. The van der Waals surface area contributed by atoms with Crippen LogP contribution in [0.1, 0.15) is 85.0 Å². The topological polar surface area (TPSA) is 105 Å². The number of cyclic esters (lactones) is 1. The van der Waals surface area contributed by atoms with Crippen molar-refractivity contribution in [3.05, 3.63) is 11.6 Å². The van der Waals surface area contributed by atoms with Crippen molar-refractivity contribution in [1.29, 1.82) is 0 Å². The minimum Gasteiger partial charge on any atom is -0.458 e. The molecule has 0 amide bonds. The Bertz CT molecular complexity index is 907. The predicted molar refractivity (Wildman–Crippen MR) is 132 cm³/mol. The van der Waals surface area contributed by atoms with Gasteiger partial charge >= 0.3 is 5.97 Å². The highest BCUT2D eigenvalue weighted by Crippen LogP contribution is 2.70. The van der Waals surface area contributed by atoms with Gasteiger partial charge in [-0.2, -0.15) is 0 Å². The SMILES string of the molecule is C[C@H]1O[C@@H](O[C@H]2CC[C@@]3(C)C(CCC4[C@@H]3CC[C@]3(C)[C@@H](C5=CC(=O)OC5)CC[C@]43O)C2)C[C@H](O)[C@@H]1O. The molecule has 0 bridgehead atoms. The Morgan fingerprint density at radius 1 is 1.00 bits per heavy atom. The first-order chi connectivity index (χ1) is 17.0. The summed E-state index contributed by atoms with van der Waals surface area (Å²) < 4.78 is 17.4. The Labute approximate surface area is 214 Å². The molecule has 0 aromatic heterocycles. The van der Waals surface area contributed by atoms with E-state index in [-0.39, 0.29) is 28.8 Å². The van der Waals surface area contributed by atoms with Crippen molar-refractivity contribution in [2.24, 2.45) is 34.5 Å². The van der Waals surface area contributed by atoms with Crippen molar-refractivity contribution in [1.82, 2.24) is 0 Å². The van der Waals surface area contributed by atoms with Gasteiger partial charge in [0, 0.05) is 17.9 Å². The summed E-state index contributed by atoms with van der Waals surface area (Å²) >= 11 is 0. The molecule has 0 aromatic rings. The zero-order chi connectivity index (χ0) is 25.5. The lowest BCUT2D eigenvalue weighted by molar-refractivity contribution is -0.270. The van der Waals surface area contributed by atoms with Gasteiger partial charge in [0.2, 0.25) is 0 Å². The summed E-state index contributed by atoms with van der Waals surface area (Å²) in [6, 6.07) is 0. The van der Waals surface area contributed by atoms with Crippen molar-refractivity contribution < 1.29 is 34.3 Å². The van der Waals surface area contributed by atoms with E-state index in [2.05, 4.69) is 13.8 Å². The predicted octanol–water partition coefficient (Wildman–Crippen LogP) is 3.49. The van der Waals surface area contributed by atoms with E-state index in [1.807, 2.05) is 0 Å². The van der Waals surface area contributed by atoms with Gasteiger partial charge in [0.15, 0.2) is 6.29 Å². The summed E-state index contributed by atoms with van der Waals surface area (Å²) in [5.74, 6) is 1.37. The molecule has 2 aliphatic heterocycles. The third-order valence-electron chi connectivity index (χ3n) is 12.0. The lowest BCUT2D eigenvalue weighted by Crippen LogP contribution is -2.62. The zero-order valence-electron chi connectivity index (χ0n) is 22.0. The second kappa shape index (κ2) is 8.77. The van der Waals surface area contributed by atoms with E-state index in [0.717, 1.165) is 63.4 Å². The summed E-state index contributed by atoms with van der Waals surface area (Å²) in [5.41, 5.74) is 0.404. The highest BCUT2D eigenvalue weighted by Gasteiger charge is 2.67. The standard InChI is InChI=1S/C29H44O7/c1-16-26(32)23(30)14-25(35-16)36-19-6-9-27(2)18(13-19)4-5-22-21(27)7-10-28(3)20(8-11-29(22,28)33)17-12-24(31)34-15-17/h12,16,18-23,25-26,30,32-33H,4-11,13-15H2,1-3H3/t16-,18?,19+,20-,21+,22?,23+,25+,26-,27+,28-,29+/m1/s1. The fourth-order valence-electron chi connectivity index (χ4n) is 9.82. The maximum absolute atomic E-state index is 12.4. The van der Waals surface area contributed by atoms with Gasteiger partial charge < -0.3 is 29.5 Å². The highest BCUT2D eigenvalue weighted by molar-refractivity contribution is 5.85. The fraction of sp³-hybridized carbons (Fsp3) is 0.897. The van der Waals surface area contributed by atoms with E-state index in [1.165, 1.54) is 0 Å². The van der Waals surface area contributed by atoms with E-state index < -0.39 is 30.2 Å². The van der Waals surface area contributed by atoms with Crippen LogP contribution < -0.4 is 0 Å². The van der Waals surface area contributed by atoms with Crippen LogP contribution in [0.25, 0.3) is 0 Å². The van der Waals surface area contributed by atoms with Gasteiger partial charge in [0.05, 0.1) is 23.9 Å². The maximum Gasteiger partial charge on any atom is 0.331 e. The first-order valence-electron chi connectivity index (χ1n) is 14.3. The second-order valence-corrected chi connectivity index (χ2v) is 13.4. The molecule has 0 radical (unpaired) electrons. The minimum atomic E-state index is -0.856. The number of hydrogen-bond donors (Lipinski definition) is 3. The third-order valence-corrected chi connectivity index (χ3v) is 12.0. The molecule has 4 aliphatic carbocycles. The number of aliphatic hydroxyl groups is 3. The third kappa shape index (κ3) is 3.67. The van der Waals surface area contributed by atoms with Crippen LogP contribution in [-0.4, -0.2) is 64.2 Å². The molecular weight excluding hydrogens is 460 g/mol. The summed E-state index contributed by atoms with van der Waals surface area (Å²) in [6.07, 6.45) is 8.64. The van der Waals surface area contributed by atoms with E-state index in [9.17, 15) is 20.1 Å². The Balaban J connectivity index is 1.15. The Morgan fingerprint density at radius 3 is 2.53 bits per heavy atom. The van der Waals surface area contributed by atoms with Gasteiger partial charge in [-0.25, -0.2) is 4.79 Å². The normalized spacial score (nSPS) is 54.8. The molecule has 6 rings (SSSR count). The molecule has 2 heterocycles. The molecule has 202 valence electrons. The number of carbonyl (C=O) groups excluding carboxylic acids is 1. The van der Waals surface area contributed by atoms with E-state index in [4.69, 9.17) is 14.2 Å². The molecule has 12 atom stereocenters. The highest BCUT2D eigenvalue weighted by atomic mass is 16.7. The Kier molecular flexibility index (Phi) is 6.16. The van der Waals surface area contributed by atoms with Crippen molar-refractivity contribution in [3.63, 3.8) is 0 Å². The summed E-state index contributed by atoms with van der Waals surface area (Å²) in [6.45, 7) is 6.92. The van der Waals surface area contributed by atoms with Gasteiger partial charge in [-0.3, -0.25) is 0 Å². The molecule has 3 N–H and O–H groups in total. The first-order valence-corrected chi connectivity index (χ1v) is 14.3. The lowest BCUT2D eigenvalue weighted by atomic mass is 9.43. The molecule has 6 aliphatic rings. The van der Waals surface area contributed by atoms with E-state index >= 15 is 0 Å². The minimum absolute atomic E-state index is 0.110. The average Bonchev–Trinajstić information content (AvgIpc) is 3.37. The summed E-state index contributed by atoms with van der Waals surface area (Å²) in [4.78, 5) is 11.8. The maximum atomic E-state index is 12.4. The van der Waals surface area contributed by atoms with Gasteiger partial charge in [0.25, 0.3) is 0 Å². The number of hydrogen-bond acceptors (Lipinski definition) is 7. The monoisotopic (exact) mass is 504 g/mol. The van der Waals surface area contributed by atoms with Gasteiger partial charge in [-0.15, -0.1) is 0 Å². The molecule has 0 aromatic carbocycles. The van der Waals surface area contributed by atoms with Crippen LogP contribution in [-0.2, 0) is 19.0 Å². The van der Waals surface area contributed by atoms with Crippen LogP contribution in [0.5, 0.6) is 0 Å². The molecule has 1 saturated heterocycles. The number of aliphatic hydroxyl groups excluding tert-OH is 2. The zero-order valence-corrected chi connectivity index (χ0v) is 22.0. The molecular formula is C29H44O7. The number of carbonyl (C=O) groups is 1. The van der Waals surface area contributed by atoms with Crippen molar-refractivity contribution in [2.45, 2.75) is 121 Å². The quantitative estimate of drug-likeness (QED) is 0.399. The van der Waals surface area contributed by atoms with Crippen LogP contribution >= 0.6 is 0 Å². The van der Waals surface area contributed by atoms with Crippen LogP contribution in [0.3, 0.4) is 0 Å². The number of esters is 1. The number of rotatable bonds is 3. The van der Waals surface area contributed by atoms with Gasteiger partial charge in [0.1, 0.15) is 12.7 Å². The van der Waals surface area contributed by atoms with E-state index in [1.54, 1.807) is 13.0 Å². The van der Waals surface area contributed by atoms with Crippen molar-refractivity contribution in [3.8, 4) is 0 Å². The Hall–Kier alpha value is -0.990. The van der Waals surface area contributed by atoms with Crippen LogP contribution in [0.4, 0.5) is 0 Å². The average molecular weight is 505 g/mol. The van der Waals surface area contributed by atoms with Crippen LogP contribution in [0.2, 0.25) is 0 Å². The molecule has 36 heavy (non-hydrogen) atoms. The second-order valence-electron chi connectivity index (χ2n) is 13.4. The van der Waals surface area contributed by atoms with Crippen LogP contribution in [0, 0.1) is 34.5 Å². The molecule has 5 fully saturated rings. The molecule has 2 unspecified atom stereocenters. The lowest BCUT2D eigenvalue weighted by Gasteiger charge is -2.63. The molecule has 7 heteroatoms. The van der Waals surface area contributed by atoms with E-state index in [0.29, 0.717) is 30.8 Å². The van der Waals surface area contributed by atoms with Crippen molar-refractivity contribution >= 4 is 5.97 Å². The summed E-state index contributed by atoms with van der Waals surface area (Å²) in [7, 11) is 0. The number of ether oxygens (including phenoxy) is 3. The number of fused-ring (bicyclic) bond motifs is 5. The van der Waals surface area contributed by atoms with Crippen LogP contribution in [0.15, 0.2) is 11.6 Å². The molecule has 7 nitrogen and oxygen atoms in total. The molecule has 4 saturated carbocycles. The van der Waals surface area contributed by atoms with Gasteiger partial charge in [-0.05, 0) is 99.4 Å². The van der Waals surface area contributed by atoms with Crippen molar-refractivity contribution in [2.75, 3.05) is 6.61 Å². The van der Waals surface area contributed by atoms with Gasteiger partial charge in [-0.1, -0.05) is 13.8 Å². The Morgan fingerprint density at radius 2 is 1.81 bits per heavy atom. The smallest absolute Gasteiger partial charge is 0.331 e. The first kappa shape index (κ1) is 25.3.